The Balaban J connectivity index is 1.47. The van der Waals surface area contributed by atoms with Crippen LogP contribution < -0.4 is 10.1 Å². The van der Waals surface area contributed by atoms with Gasteiger partial charge in [0.25, 0.3) is 0 Å². The first-order valence-electron chi connectivity index (χ1n) is 9.06. The van der Waals surface area contributed by atoms with Crippen molar-refractivity contribution in [1.29, 1.82) is 0 Å². The van der Waals surface area contributed by atoms with Gasteiger partial charge in [0.2, 0.25) is 0 Å². The van der Waals surface area contributed by atoms with Gasteiger partial charge in [0.1, 0.15) is 11.5 Å². The van der Waals surface area contributed by atoms with Crippen molar-refractivity contribution in [3.8, 4) is 11.5 Å². The smallest absolute Gasteiger partial charge is 0.321 e. The second kappa shape index (κ2) is 9.20. The van der Waals surface area contributed by atoms with E-state index in [-0.39, 0.29) is 6.03 Å². The zero-order valence-electron chi connectivity index (χ0n) is 15.1. The van der Waals surface area contributed by atoms with Crippen LogP contribution in [0.15, 0.2) is 48.8 Å². The van der Waals surface area contributed by atoms with Crippen molar-refractivity contribution < 1.29 is 14.3 Å². The number of urea groups is 1. The Hall–Kier alpha value is -2.60. The highest BCUT2D eigenvalue weighted by molar-refractivity contribution is 5.89. The summed E-state index contributed by atoms with van der Waals surface area (Å²) in [4.78, 5) is 18.3. The third-order valence-electron chi connectivity index (χ3n) is 4.25. The van der Waals surface area contributed by atoms with E-state index in [1.165, 1.54) is 0 Å². The number of amides is 2. The third kappa shape index (κ3) is 5.20. The second-order valence-electron chi connectivity index (χ2n) is 6.42. The Morgan fingerprint density at radius 3 is 2.85 bits per heavy atom. The first-order valence-corrected chi connectivity index (χ1v) is 9.06. The standard InChI is InChI=1S/C20H25N3O3/c1-2-12-25-15-16-9-11-23(14-16)20(24)22-17-5-7-18(8-6-17)26-19-4-3-10-21-13-19/h3-8,10,13,16H,2,9,11-12,14-15H2,1H3,(H,22,24). The SMILES string of the molecule is CCCOCC1CCN(C(=O)Nc2ccc(Oc3cccnc3)cc2)C1. The van der Waals surface area contributed by atoms with Gasteiger partial charge in [-0.2, -0.15) is 0 Å². The number of anilines is 1. The van der Waals surface area contributed by atoms with Crippen LogP contribution in [0.1, 0.15) is 19.8 Å². The maximum Gasteiger partial charge on any atom is 0.321 e. The van der Waals surface area contributed by atoms with E-state index in [4.69, 9.17) is 9.47 Å². The van der Waals surface area contributed by atoms with Crippen molar-refractivity contribution >= 4 is 11.7 Å². The minimum atomic E-state index is -0.0658. The monoisotopic (exact) mass is 355 g/mol. The summed E-state index contributed by atoms with van der Waals surface area (Å²) in [6.07, 6.45) is 5.38. The molecule has 3 rings (SSSR count). The summed E-state index contributed by atoms with van der Waals surface area (Å²) in [7, 11) is 0. The highest BCUT2D eigenvalue weighted by Crippen LogP contribution is 2.23. The molecule has 1 fully saturated rings. The van der Waals surface area contributed by atoms with E-state index in [0.717, 1.165) is 44.8 Å². The number of benzene rings is 1. The lowest BCUT2D eigenvalue weighted by atomic mass is 10.1. The molecule has 138 valence electrons. The Morgan fingerprint density at radius 2 is 2.12 bits per heavy atom. The van der Waals surface area contributed by atoms with E-state index in [2.05, 4.69) is 17.2 Å². The lowest BCUT2D eigenvalue weighted by Gasteiger charge is -2.17. The summed E-state index contributed by atoms with van der Waals surface area (Å²) >= 11 is 0. The van der Waals surface area contributed by atoms with Crippen molar-refractivity contribution in [2.24, 2.45) is 5.92 Å². The highest BCUT2D eigenvalue weighted by atomic mass is 16.5. The fourth-order valence-electron chi connectivity index (χ4n) is 2.90. The molecule has 0 aliphatic carbocycles. The molecule has 2 heterocycles. The van der Waals surface area contributed by atoms with Crippen LogP contribution in [-0.4, -0.2) is 42.2 Å². The largest absolute Gasteiger partial charge is 0.456 e. The van der Waals surface area contributed by atoms with Gasteiger partial charge in [-0.15, -0.1) is 0 Å². The number of hydrogen-bond acceptors (Lipinski definition) is 4. The fraction of sp³-hybridized carbons (Fsp3) is 0.400. The summed E-state index contributed by atoms with van der Waals surface area (Å²) in [6.45, 7) is 5.14. The first kappa shape index (κ1) is 18.2. The van der Waals surface area contributed by atoms with Crippen LogP contribution in [0.5, 0.6) is 11.5 Å². The Labute approximate surface area is 154 Å². The zero-order valence-corrected chi connectivity index (χ0v) is 15.1. The average Bonchev–Trinajstić information content (AvgIpc) is 3.14. The number of aromatic nitrogens is 1. The lowest BCUT2D eigenvalue weighted by Crippen LogP contribution is -2.33. The minimum Gasteiger partial charge on any atom is -0.456 e. The van der Waals surface area contributed by atoms with E-state index in [1.54, 1.807) is 12.4 Å². The van der Waals surface area contributed by atoms with Gasteiger partial charge in [0.15, 0.2) is 0 Å². The highest BCUT2D eigenvalue weighted by Gasteiger charge is 2.26. The predicted octanol–water partition coefficient (Wildman–Crippen LogP) is 4.15. The zero-order chi connectivity index (χ0) is 18.2. The van der Waals surface area contributed by atoms with Crippen LogP contribution in [-0.2, 0) is 4.74 Å². The lowest BCUT2D eigenvalue weighted by molar-refractivity contribution is 0.103. The molecule has 26 heavy (non-hydrogen) atoms. The van der Waals surface area contributed by atoms with Gasteiger partial charge in [-0.25, -0.2) is 4.79 Å². The molecule has 1 N–H and O–H groups in total. The van der Waals surface area contributed by atoms with Crippen molar-refractivity contribution in [2.75, 3.05) is 31.6 Å². The van der Waals surface area contributed by atoms with Gasteiger partial charge in [-0.3, -0.25) is 4.98 Å². The molecule has 1 aliphatic heterocycles. The topological polar surface area (TPSA) is 63.7 Å². The minimum absolute atomic E-state index is 0.0658. The van der Waals surface area contributed by atoms with Crippen LogP contribution in [0.4, 0.5) is 10.5 Å². The molecule has 1 atom stereocenters. The molecule has 1 aromatic heterocycles. The maximum absolute atomic E-state index is 12.4. The van der Waals surface area contributed by atoms with Gasteiger partial charge in [0.05, 0.1) is 12.8 Å². The number of rotatable bonds is 7. The maximum atomic E-state index is 12.4. The van der Waals surface area contributed by atoms with Crippen LogP contribution in [0.3, 0.4) is 0 Å². The summed E-state index contributed by atoms with van der Waals surface area (Å²) < 4.78 is 11.3. The number of pyridine rings is 1. The predicted molar refractivity (Wildman–Crippen MR) is 101 cm³/mol. The van der Waals surface area contributed by atoms with E-state index in [1.807, 2.05) is 41.3 Å². The molecule has 1 unspecified atom stereocenters. The van der Waals surface area contributed by atoms with E-state index in [9.17, 15) is 4.79 Å². The number of nitrogens with zero attached hydrogens (tertiary/aromatic N) is 2. The van der Waals surface area contributed by atoms with Crippen LogP contribution in [0.2, 0.25) is 0 Å². The summed E-state index contributed by atoms with van der Waals surface area (Å²) in [5.41, 5.74) is 0.749. The molecular formula is C20H25N3O3. The number of carbonyl (C=O) groups excluding carboxylic acids is 1. The summed E-state index contributed by atoms with van der Waals surface area (Å²) in [5.74, 6) is 1.81. The summed E-state index contributed by atoms with van der Waals surface area (Å²) in [6, 6.07) is 10.9. The van der Waals surface area contributed by atoms with Crippen molar-refractivity contribution in [1.82, 2.24) is 9.88 Å². The Morgan fingerprint density at radius 1 is 1.27 bits per heavy atom. The van der Waals surface area contributed by atoms with Gasteiger partial charge < -0.3 is 19.7 Å². The number of nitrogens with one attached hydrogen (secondary N) is 1. The molecule has 0 spiro atoms. The van der Waals surface area contributed by atoms with Gasteiger partial charge in [-0.05, 0) is 49.2 Å². The fourth-order valence-corrected chi connectivity index (χ4v) is 2.90. The molecule has 1 aliphatic rings. The quantitative estimate of drug-likeness (QED) is 0.758. The number of ether oxygens (including phenoxy) is 2. The molecule has 1 aromatic carbocycles. The van der Waals surface area contributed by atoms with Crippen LogP contribution >= 0.6 is 0 Å². The molecule has 1 saturated heterocycles. The van der Waals surface area contributed by atoms with Crippen molar-refractivity contribution in [3.05, 3.63) is 48.8 Å². The third-order valence-corrected chi connectivity index (χ3v) is 4.25. The molecule has 6 nitrogen and oxygen atoms in total. The van der Waals surface area contributed by atoms with E-state index < -0.39 is 0 Å². The van der Waals surface area contributed by atoms with Crippen molar-refractivity contribution in [2.45, 2.75) is 19.8 Å². The molecule has 0 bridgehead atoms. The Bertz CT molecular complexity index is 691. The molecule has 6 heteroatoms. The summed E-state index contributed by atoms with van der Waals surface area (Å²) in [5, 5.41) is 2.94. The molecule has 2 amide bonds. The van der Waals surface area contributed by atoms with Gasteiger partial charge in [-0.1, -0.05) is 6.92 Å². The van der Waals surface area contributed by atoms with Gasteiger partial charge in [0, 0.05) is 37.5 Å². The first-order chi connectivity index (χ1) is 12.7. The molecular weight excluding hydrogens is 330 g/mol. The molecule has 0 radical (unpaired) electrons. The molecule has 2 aromatic rings. The van der Waals surface area contributed by atoms with Gasteiger partial charge >= 0.3 is 6.03 Å². The second-order valence-corrected chi connectivity index (χ2v) is 6.42. The van der Waals surface area contributed by atoms with Crippen molar-refractivity contribution in [3.63, 3.8) is 0 Å². The van der Waals surface area contributed by atoms with Crippen LogP contribution in [0.25, 0.3) is 0 Å². The molecule has 0 saturated carbocycles. The number of hydrogen-bond donors (Lipinski definition) is 1. The average molecular weight is 355 g/mol. The van der Waals surface area contributed by atoms with E-state index >= 15 is 0 Å². The Kier molecular flexibility index (Phi) is 6.44. The normalized spacial score (nSPS) is 16.5. The van der Waals surface area contributed by atoms with E-state index in [0.29, 0.717) is 17.4 Å². The number of likely N-dealkylation sites (tertiary alicyclic amines) is 1. The van der Waals surface area contributed by atoms with Crippen LogP contribution in [0, 0.1) is 5.92 Å². The number of carbonyl (C=O) groups is 1.